The number of rotatable bonds is 2. The van der Waals surface area contributed by atoms with Crippen LogP contribution in [0.1, 0.15) is 11.1 Å². The van der Waals surface area contributed by atoms with Crippen LogP contribution in [0, 0.1) is 5.92 Å². The molecule has 2 aromatic rings. The fraction of sp³-hybridized carbons (Fsp3) is 0.158. The van der Waals surface area contributed by atoms with Crippen LogP contribution < -0.4 is 0 Å². The van der Waals surface area contributed by atoms with Crippen LogP contribution in [0.2, 0.25) is 0 Å². The first-order chi connectivity index (χ1) is 12.2. The zero-order chi connectivity index (χ0) is 19.1. The van der Waals surface area contributed by atoms with E-state index >= 15 is 4.39 Å². The summed E-state index contributed by atoms with van der Waals surface area (Å²) >= 11 is 0. The maximum absolute atomic E-state index is 15.1. The molecule has 136 valence electrons. The zero-order valence-electron chi connectivity index (χ0n) is 13.1. The van der Waals surface area contributed by atoms with E-state index in [4.69, 9.17) is 0 Å². The lowest BCUT2D eigenvalue weighted by Crippen LogP contribution is -2.45. The largest absolute Gasteiger partial charge is 0.508 e. The molecule has 1 atom stereocenters. The summed E-state index contributed by atoms with van der Waals surface area (Å²) in [6.45, 7) is 0. The first-order valence-corrected chi connectivity index (χ1v) is 7.57. The maximum Gasteiger partial charge on any atom is 0.396 e. The summed E-state index contributed by atoms with van der Waals surface area (Å²) in [5, 5.41) is 18.9. The molecule has 0 saturated carbocycles. The Balaban J connectivity index is 2.40. The van der Waals surface area contributed by atoms with Gasteiger partial charge in [-0.25, -0.2) is 8.78 Å². The SMILES string of the molecule is Oc1ccc(C2(c3ccc(O)cc3)C(F)=C(F)C=CC2C(F)(F)F)cc1. The number of phenols is 2. The number of benzene rings is 2. The zero-order valence-corrected chi connectivity index (χ0v) is 13.1. The van der Waals surface area contributed by atoms with E-state index < -0.39 is 29.2 Å². The average molecular weight is 368 g/mol. The monoisotopic (exact) mass is 368 g/mol. The van der Waals surface area contributed by atoms with E-state index in [2.05, 4.69) is 0 Å². The van der Waals surface area contributed by atoms with E-state index in [9.17, 15) is 27.8 Å². The van der Waals surface area contributed by atoms with E-state index in [0.29, 0.717) is 12.2 Å². The first kappa shape index (κ1) is 18.0. The van der Waals surface area contributed by atoms with E-state index in [1.165, 1.54) is 0 Å². The van der Waals surface area contributed by atoms with Gasteiger partial charge in [-0.05, 0) is 41.5 Å². The van der Waals surface area contributed by atoms with Gasteiger partial charge in [-0.2, -0.15) is 13.2 Å². The molecule has 0 aromatic heterocycles. The Labute approximate surface area is 145 Å². The predicted molar refractivity (Wildman–Crippen MR) is 84.9 cm³/mol. The van der Waals surface area contributed by atoms with Gasteiger partial charge in [0.1, 0.15) is 11.5 Å². The number of halogens is 5. The summed E-state index contributed by atoms with van der Waals surface area (Å²) in [7, 11) is 0. The fourth-order valence-corrected chi connectivity index (χ4v) is 3.31. The third-order valence-electron chi connectivity index (χ3n) is 4.46. The molecule has 0 bridgehead atoms. The molecule has 0 saturated heterocycles. The van der Waals surface area contributed by atoms with Gasteiger partial charge in [-0.1, -0.05) is 30.3 Å². The van der Waals surface area contributed by atoms with Gasteiger partial charge in [0.25, 0.3) is 0 Å². The fourth-order valence-electron chi connectivity index (χ4n) is 3.31. The van der Waals surface area contributed by atoms with Crippen molar-refractivity contribution in [3.05, 3.63) is 83.5 Å². The van der Waals surface area contributed by atoms with Crippen molar-refractivity contribution in [1.29, 1.82) is 0 Å². The Hall–Kier alpha value is -2.83. The van der Waals surface area contributed by atoms with Crippen LogP contribution in [0.15, 0.2) is 72.3 Å². The van der Waals surface area contributed by atoms with Crippen molar-refractivity contribution in [2.24, 2.45) is 5.92 Å². The minimum atomic E-state index is -4.88. The molecule has 0 radical (unpaired) electrons. The highest BCUT2D eigenvalue weighted by Gasteiger charge is 2.58. The number of hydrogen-bond donors (Lipinski definition) is 2. The van der Waals surface area contributed by atoms with Gasteiger partial charge in [0.05, 0.1) is 11.3 Å². The number of allylic oxidation sites excluding steroid dienone is 4. The number of phenolic OH excluding ortho intramolecular Hbond substituents is 2. The van der Waals surface area contributed by atoms with Gasteiger partial charge in [0.15, 0.2) is 11.7 Å². The lowest BCUT2D eigenvalue weighted by molar-refractivity contribution is -0.174. The van der Waals surface area contributed by atoms with Crippen LogP contribution in [0.25, 0.3) is 0 Å². The van der Waals surface area contributed by atoms with Gasteiger partial charge in [-0.15, -0.1) is 0 Å². The molecule has 0 heterocycles. The van der Waals surface area contributed by atoms with Crippen molar-refractivity contribution < 1.29 is 32.2 Å². The molecule has 3 rings (SSSR count). The molecular weight excluding hydrogens is 355 g/mol. The van der Waals surface area contributed by atoms with Crippen molar-refractivity contribution in [2.45, 2.75) is 11.6 Å². The van der Waals surface area contributed by atoms with Gasteiger partial charge >= 0.3 is 6.18 Å². The minimum Gasteiger partial charge on any atom is -0.508 e. The summed E-state index contributed by atoms with van der Waals surface area (Å²) in [4.78, 5) is 0. The Morgan fingerprint density at radius 2 is 1.19 bits per heavy atom. The molecule has 7 heteroatoms. The van der Waals surface area contributed by atoms with Crippen molar-refractivity contribution in [3.8, 4) is 11.5 Å². The van der Waals surface area contributed by atoms with Crippen LogP contribution in [-0.2, 0) is 5.41 Å². The van der Waals surface area contributed by atoms with Gasteiger partial charge in [0.2, 0.25) is 0 Å². The van der Waals surface area contributed by atoms with E-state index in [-0.39, 0.29) is 22.6 Å². The quantitative estimate of drug-likeness (QED) is 0.708. The van der Waals surface area contributed by atoms with E-state index in [1.807, 2.05) is 0 Å². The molecule has 26 heavy (non-hydrogen) atoms. The summed E-state index contributed by atoms with van der Waals surface area (Å²) in [5.41, 5.74) is -2.88. The lowest BCUT2D eigenvalue weighted by atomic mass is 9.62. The van der Waals surface area contributed by atoms with Crippen LogP contribution in [-0.4, -0.2) is 16.4 Å². The van der Waals surface area contributed by atoms with Gasteiger partial charge in [0, 0.05) is 0 Å². The Kier molecular flexibility index (Phi) is 4.26. The summed E-state index contributed by atoms with van der Waals surface area (Å²) < 4.78 is 70.6. The molecule has 2 N–H and O–H groups in total. The topological polar surface area (TPSA) is 40.5 Å². The maximum atomic E-state index is 15.1. The van der Waals surface area contributed by atoms with Crippen LogP contribution in [0.4, 0.5) is 22.0 Å². The summed E-state index contributed by atoms with van der Waals surface area (Å²) in [5.74, 6) is -5.84. The highest BCUT2D eigenvalue weighted by molar-refractivity contribution is 5.54. The minimum absolute atomic E-state index is 0.180. The Morgan fingerprint density at radius 3 is 1.58 bits per heavy atom. The van der Waals surface area contributed by atoms with E-state index in [0.717, 1.165) is 48.5 Å². The summed E-state index contributed by atoms with van der Waals surface area (Å²) in [6, 6.07) is 8.89. The molecule has 0 spiro atoms. The van der Waals surface area contributed by atoms with Crippen molar-refractivity contribution >= 4 is 0 Å². The molecule has 1 aliphatic carbocycles. The van der Waals surface area contributed by atoms with Crippen LogP contribution in [0.3, 0.4) is 0 Å². The second kappa shape index (κ2) is 6.16. The van der Waals surface area contributed by atoms with Crippen molar-refractivity contribution in [2.75, 3.05) is 0 Å². The lowest BCUT2D eigenvalue weighted by Gasteiger charge is -2.42. The highest BCUT2D eigenvalue weighted by Crippen LogP contribution is 2.55. The third-order valence-corrected chi connectivity index (χ3v) is 4.46. The highest BCUT2D eigenvalue weighted by atomic mass is 19.4. The molecule has 1 unspecified atom stereocenters. The first-order valence-electron chi connectivity index (χ1n) is 7.57. The molecular formula is C19H13F5O2. The number of aromatic hydroxyl groups is 2. The average Bonchev–Trinajstić information content (AvgIpc) is 2.58. The second-order valence-corrected chi connectivity index (χ2v) is 5.94. The molecule has 0 aliphatic heterocycles. The second-order valence-electron chi connectivity index (χ2n) is 5.94. The molecule has 0 fully saturated rings. The molecule has 2 aromatic carbocycles. The smallest absolute Gasteiger partial charge is 0.396 e. The molecule has 0 amide bonds. The number of alkyl halides is 3. The van der Waals surface area contributed by atoms with Crippen molar-refractivity contribution in [3.63, 3.8) is 0 Å². The Bertz CT molecular complexity index is 819. The normalized spacial score (nSPS) is 19.7. The summed E-state index contributed by atoms with van der Waals surface area (Å²) in [6.07, 6.45) is -3.84. The Morgan fingerprint density at radius 1 is 0.769 bits per heavy atom. The molecule has 1 aliphatic rings. The molecule has 2 nitrogen and oxygen atoms in total. The van der Waals surface area contributed by atoms with Gasteiger partial charge in [-0.3, -0.25) is 0 Å². The van der Waals surface area contributed by atoms with Crippen LogP contribution >= 0.6 is 0 Å². The van der Waals surface area contributed by atoms with Crippen LogP contribution in [0.5, 0.6) is 11.5 Å². The standard InChI is InChI=1S/C19H13F5O2/c20-15-9-10-16(19(22,23)24)18(17(15)21,11-1-5-13(25)6-2-11)12-3-7-14(26)8-4-12/h1-10,16,25-26H. The third kappa shape index (κ3) is 2.73. The van der Waals surface area contributed by atoms with E-state index in [1.54, 1.807) is 0 Å². The van der Waals surface area contributed by atoms with Crippen molar-refractivity contribution in [1.82, 2.24) is 0 Å². The van der Waals surface area contributed by atoms with Gasteiger partial charge < -0.3 is 10.2 Å². The predicted octanol–water partition coefficient (Wildman–Crippen LogP) is 5.28. The number of hydrogen-bond acceptors (Lipinski definition) is 2.